The van der Waals surface area contributed by atoms with Crippen molar-refractivity contribution in [3.05, 3.63) is 22.8 Å². The first-order valence-corrected chi connectivity index (χ1v) is 7.78. The Morgan fingerprint density at radius 2 is 2.29 bits per heavy atom. The molecule has 0 bridgehead atoms. The molecule has 1 aliphatic heterocycles. The van der Waals surface area contributed by atoms with Crippen LogP contribution in [-0.2, 0) is 0 Å². The fraction of sp³-hybridized carbons (Fsp3) is 0.600. The van der Waals surface area contributed by atoms with Crippen molar-refractivity contribution in [3.63, 3.8) is 0 Å². The number of likely N-dealkylation sites (tertiary alicyclic amines) is 1. The van der Waals surface area contributed by atoms with Gasteiger partial charge in [0.25, 0.3) is 5.91 Å². The average Bonchev–Trinajstić information content (AvgIpc) is 2.41. The Balaban J connectivity index is 2.06. The minimum Gasteiger partial charge on any atom is -0.370 e. The molecule has 0 aliphatic carbocycles. The van der Waals surface area contributed by atoms with Crippen LogP contribution in [0.25, 0.3) is 0 Å². The summed E-state index contributed by atoms with van der Waals surface area (Å²) >= 11 is 5.98. The number of nitrogens with one attached hydrogen (secondary N) is 2. The predicted octanol–water partition coefficient (Wildman–Crippen LogP) is 2.24. The third kappa shape index (κ3) is 4.32. The quantitative estimate of drug-likeness (QED) is 0.837. The fourth-order valence-corrected chi connectivity index (χ4v) is 2.93. The van der Waals surface area contributed by atoms with E-state index in [0.717, 1.165) is 26.1 Å². The number of pyridine rings is 1. The third-order valence-electron chi connectivity index (χ3n) is 3.84. The van der Waals surface area contributed by atoms with Crippen molar-refractivity contribution >= 4 is 23.3 Å². The number of carbonyl (C=O) groups excluding carboxylic acids is 1. The molecule has 1 aromatic rings. The summed E-state index contributed by atoms with van der Waals surface area (Å²) in [5.74, 6) is 0.990. The minimum atomic E-state index is -0.0835. The van der Waals surface area contributed by atoms with Crippen LogP contribution in [-0.4, -0.2) is 48.5 Å². The average molecular weight is 311 g/mol. The first-order chi connectivity index (χ1) is 9.99. The van der Waals surface area contributed by atoms with E-state index in [9.17, 15) is 4.79 Å². The number of anilines is 1. The lowest BCUT2D eigenvalue weighted by Gasteiger charge is -2.35. The number of nitrogens with zero attached hydrogens (tertiary/aromatic N) is 2. The second-order valence-electron chi connectivity index (χ2n) is 5.70. The number of carbonyl (C=O) groups is 1. The van der Waals surface area contributed by atoms with Gasteiger partial charge in [-0.2, -0.15) is 0 Å². The second kappa shape index (κ2) is 7.09. The molecule has 5 nitrogen and oxygen atoms in total. The van der Waals surface area contributed by atoms with Crippen molar-refractivity contribution < 1.29 is 4.79 Å². The maximum atomic E-state index is 12.4. The molecule has 2 heterocycles. The highest BCUT2D eigenvalue weighted by Crippen LogP contribution is 2.18. The Bertz CT molecular complexity index is 508. The summed E-state index contributed by atoms with van der Waals surface area (Å²) < 4.78 is 0. The van der Waals surface area contributed by atoms with Crippen LogP contribution in [0.3, 0.4) is 0 Å². The van der Waals surface area contributed by atoms with Crippen LogP contribution in [0.2, 0.25) is 5.15 Å². The number of aromatic nitrogens is 1. The third-order valence-corrected chi connectivity index (χ3v) is 4.03. The van der Waals surface area contributed by atoms with Gasteiger partial charge in [-0.05, 0) is 45.0 Å². The molecule has 0 saturated carbocycles. The van der Waals surface area contributed by atoms with Gasteiger partial charge >= 0.3 is 0 Å². The van der Waals surface area contributed by atoms with Crippen molar-refractivity contribution in [2.45, 2.75) is 26.3 Å². The van der Waals surface area contributed by atoms with Gasteiger partial charge in [-0.1, -0.05) is 18.5 Å². The fourth-order valence-electron chi connectivity index (χ4n) is 2.72. The van der Waals surface area contributed by atoms with Crippen molar-refractivity contribution in [1.29, 1.82) is 0 Å². The summed E-state index contributed by atoms with van der Waals surface area (Å²) in [5.41, 5.74) is 0.553. The van der Waals surface area contributed by atoms with Gasteiger partial charge in [0, 0.05) is 24.7 Å². The zero-order valence-corrected chi connectivity index (χ0v) is 13.6. The van der Waals surface area contributed by atoms with Crippen LogP contribution in [0, 0.1) is 5.92 Å². The summed E-state index contributed by atoms with van der Waals surface area (Å²) in [5, 5.41) is 6.53. The van der Waals surface area contributed by atoms with Crippen LogP contribution in [0.5, 0.6) is 0 Å². The van der Waals surface area contributed by atoms with Crippen LogP contribution in [0.1, 0.15) is 30.6 Å². The lowest BCUT2D eigenvalue weighted by atomic mass is 9.94. The minimum absolute atomic E-state index is 0.0835. The molecule has 1 amide bonds. The van der Waals surface area contributed by atoms with Crippen LogP contribution < -0.4 is 10.6 Å². The van der Waals surface area contributed by atoms with Crippen LogP contribution >= 0.6 is 11.6 Å². The maximum Gasteiger partial charge on any atom is 0.251 e. The van der Waals surface area contributed by atoms with Crippen molar-refractivity contribution in [1.82, 2.24) is 15.2 Å². The Hall–Kier alpha value is -1.33. The Labute approximate surface area is 131 Å². The van der Waals surface area contributed by atoms with Crippen molar-refractivity contribution in [2.24, 2.45) is 5.92 Å². The van der Waals surface area contributed by atoms with E-state index in [0.29, 0.717) is 22.5 Å². The van der Waals surface area contributed by atoms with E-state index in [-0.39, 0.29) is 11.9 Å². The molecule has 2 unspecified atom stereocenters. The standard InChI is InChI=1S/C15H23ClN4O/c1-4-17-14-8-11(7-13(16)19-14)15(21)18-12-5-6-20(3)9-10(12)2/h7-8,10,12H,4-6,9H2,1-3H3,(H,17,19)(H,18,21). The van der Waals surface area contributed by atoms with Crippen LogP contribution in [0.4, 0.5) is 5.82 Å². The lowest BCUT2D eigenvalue weighted by Crippen LogP contribution is -2.48. The van der Waals surface area contributed by atoms with Gasteiger partial charge in [0.2, 0.25) is 0 Å². The molecule has 6 heteroatoms. The van der Waals surface area contributed by atoms with Gasteiger partial charge in [-0.25, -0.2) is 4.98 Å². The topological polar surface area (TPSA) is 57.3 Å². The van der Waals surface area contributed by atoms with E-state index in [4.69, 9.17) is 11.6 Å². The summed E-state index contributed by atoms with van der Waals surface area (Å²) in [7, 11) is 2.11. The molecule has 0 radical (unpaired) electrons. The first-order valence-electron chi connectivity index (χ1n) is 7.40. The molecule has 116 valence electrons. The Morgan fingerprint density at radius 3 is 2.95 bits per heavy atom. The zero-order chi connectivity index (χ0) is 15.4. The van der Waals surface area contributed by atoms with Crippen LogP contribution in [0.15, 0.2) is 12.1 Å². The number of piperidine rings is 1. The van der Waals surface area contributed by atoms with Gasteiger partial charge in [0.15, 0.2) is 0 Å². The SMILES string of the molecule is CCNc1cc(C(=O)NC2CCN(C)CC2C)cc(Cl)n1. The number of halogens is 1. The molecule has 1 fully saturated rings. The van der Waals surface area contributed by atoms with E-state index < -0.39 is 0 Å². The van der Waals surface area contributed by atoms with Gasteiger partial charge in [0.1, 0.15) is 11.0 Å². The van der Waals surface area contributed by atoms with Crippen molar-refractivity contribution in [2.75, 3.05) is 32.0 Å². The summed E-state index contributed by atoms with van der Waals surface area (Å²) in [6.45, 7) is 6.90. The predicted molar refractivity (Wildman–Crippen MR) is 85.9 cm³/mol. The molecule has 1 aromatic heterocycles. The largest absolute Gasteiger partial charge is 0.370 e. The van der Waals surface area contributed by atoms with E-state index in [1.165, 1.54) is 0 Å². The Morgan fingerprint density at radius 1 is 1.52 bits per heavy atom. The lowest BCUT2D eigenvalue weighted by molar-refractivity contribution is 0.0884. The number of rotatable bonds is 4. The second-order valence-corrected chi connectivity index (χ2v) is 6.09. The molecule has 1 saturated heterocycles. The number of hydrogen-bond donors (Lipinski definition) is 2. The number of hydrogen-bond acceptors (Lipinski definition) is 4. The molecular formula is C15H23ClN4O. The smallest absolute Gasteiger partial charge is 0.251 e. The highest BCUT2D eigenvalue weighted by atomic mass is 35.5. The van der Waals surface area contributed by atoms with Gasteiger partial charge in [-0.3, -0.25) is 4.79 Å². The molecule has 21 heavy (non-hydrogen) atoms. The van der Waals surface area contributed by atoms with E-state index in [1.807, 2.05) is 6.92 Å². The normalized spacial score (nSPS) is 22.9. The molecule has 2 rings (SSSR count). The highest BCUT2D eigenvalue weighted by Gasteiger charge is 2.26. The molecule has 0 spiro atoms. The molecule has 0 aromatic carbocycles. The van der Waals surface area contributed by atoms with E-state index in [2.05, 4.69) is 34.5 Å². The monoisotopic (exact) mass is 310 g/mol. The van der Waals surface area contributed by atoms with E-state index >= 15 is 0 Å². The molecular weight excluding hydrogens is 288 g/mol. The van der Waals surface area contributed by atoms with Crippen molar-refractivity contribution in [3.8, 4) is 0 Å². The van der Waals surface area contributed by atoms with Gasteiger partial charge < -0.3 is 15.5 Å². The van der Waals surface area contributed by atoms with E-state index in [1.54, 1.807) is 12.1 Å². The first kappa shape index (κ1) is 16.0. The summed E-state index contributed by atoms with van der Waals surface area (Å²) in [4.78, 5) is 18.8. The van der Waals surface area contributed by atoms with Gasteiger partial charge in [-0.15, -0.1) is 0 Å². The molecule has 1 aliphatic rings. The summed E-state index contributed by atoms with van der Waals surface area (Å²) in [6.07, 6.45) is 0.974. The Kier molecular flexibility index (Phi) is 5.42. The maximum absolute atomic E-state index is 12.4. The number of amides is 1. The zero-order valence-electron chi connectivity index (χ0n) is 12.8. The summed E-state index contributed by atoms with van der Waals surface area (Å²) in [6, 6.07) is 3.56. The molecule has 2 N–H and O–H groups in total. The molecule has 2 atom stereocenters. The highest BCUT2D eigenvalue weighted by molar-refractivity contribution is 6.29. The van der Waals surface area contributed by atoms with Gasteiger partial charge in [0.05, 0.1) is 0 Å².